The normalized spacial score (nSPS) is 11.1. The number of esters is 1. The molecule has 6 nitrogen and oxygen atoms in total. The molecule has 0 bridgehead atoms. The molecule has 0 saturated carbocycles. The van der Waals surface area contributed by atoms with Crippen LogP contribution in [0.4, 0.5) is 5.82 Å². The number of pyridine rings is 1. The van der Waals surface area contributed by atoms with Crippen molar-refractivity contribution < 1.29 is 19.1 Å². The summed E-state index contributed by atoms with van der Waals surface area (Å²) in [6.45, 7) is 8.91. The smallest absolute Gasteiger partial charge is 0.338 e. The Kier molecular flexibility index (Phi) is 8.20. The van der Waals surface area contributed by atoms with Gasteiger partial charge in [0.2, 0.25) is 5.91 Å². The first-order chi connectivity index (χ1) is 13.7. The Morgan fingerprint density at radius 2 is 1.93 bits per heavy atom. The lowest BCUT2D eigenvalue weighted by atomic mass is 9.87. The number of amides is 1. The fraction of sp³-hybridized carbons (Fsp3) is 0.409. The minimum atomic E-state index is -0.443. The number of benzene rings is 1. The number of carbonyl (C=O) groups excluding carboxylic acids is 2. The van der Waals surface area contributed by atoms with Gasteiger partial charge in [-0.05, 0) is 64.5 Å². The summed E-state index contributed by atoms with van der Waals surface area (Å²) in [6.07, 6.45) is 2.30. The Morgan fingerprint density at radius 1 is 1.17 bits per heavy atom. The Labute approximate surface area is 180 Å². The molecule has 2 aromatic rings. The molecule has 29 heavy (non-hydrogen) atoms. The average Bonchev–Trinajstić information content (AvgIpc) is 2.66. The summed E-state index contributed by atoms with van der Waals surface area (Å²) < 4.78 is 11.6. The van der Waals surface area contributed by atoms with Crippen molar-refractivity contribution in [2.45, 2.75) is 46.0 Å². The van der Waals surface area contributed by atoms with Crippen LogP contribution in [0.25, 0.3) is 0 Å². The standard InChI is InChI=1S/C22H27BrN2O4/c1-5-28-21(27)15-10-11-24-19(13-15)25-20(26)7-6-12-29-18-9-8-16(14-17(18)23)22(2,3)4/h8-11,13-14H,5-7,12H2,1-4H3,(H,24,25,26). The molecule has 0 aliphatic heterocycles. The largest absolute Gasteiger partial charge is 0.492 e. The van der Waals surface area contributed by atoms with Crippen molar-refractivity contribution in [1.29, 1.82) is 0 Å². The van der Waals surface area contributed by atoms with E-state index < -0.39 is 5.97 Å². The van der Waals surface area contributed by atoms with Crippen molar-refractivity contribution in [3.8, 4) is 5.75 Å². The van der Waals surface area contributed by atoms with Crippen LogP contribution < -0.4 is 10.1 Å². The minimum absolute atomic E-state index is 0.0672. The van der Waals surface area contributed by atoms with Gasteiger partial charge < -0.3 is 14.8 Å². The van der Waals surface area contributed by atoms with Crippen molar-refractivity contribution in [2.75, 3.05) is 18.5 Å². The number of carbonyl (C=O) groups is 2. The van der Waals surface area contributed by atoms with Crippen molar-refractivity contribution in [3.05, 3.63) is 52.1 Å². The Morgan fingerprint density at radius 3 is 2.59 bits per heavy atom. The van der Waals surface area contributed by atoms with E-state index in [9.17, 15) is 9.59 Å². The molecule has 0 aliphatic carbocycles. The molecule has 0 saturated heterocycles. The summed E-state index contributed by atoms with van der Waals surface area (Å²) in [7, 11) is 0. The van der Waals surface area contributed by atoms with Crippen molar-refractivity contribution >= 4 is 33.6 Å². The third-order valence-corrected chi connectivity index (χ3v) is 4.76. The lowest BCUT2D eigenvalue weighted by Crippen LogP contribution is -2.15. The number of hydrogen-bond acceptors (Lipinski definition) is 5. The van der Waals surface area contributed by atoms with Gasteiger partial charge >= 0.3 is 5.97 Å². The van der Waals surface area contributed by atoms with Gasteiger partial charge in [-0.25, -0.2) is 9.78 Å². The zero-order valence-corrected chi connectivity index (χ0v) is 18.8. The number of rotatable bonds is 8. The van der Waals surface area contributed by atoms with Crippen molar-refractivity contribution in [2.24, 2.45) is 0 Å². The van der Waals surface area contributed by atoms with E-state index in [-0.39, 0.29) is 24.3 Å². The number of hydrogen-bond donors (Lipinski definition) is 1. The number of nitrogens with one attached hydrogen (secondary N) is 1. The van der Waals surface area contributed by atoms with Crippen LogP contribution in [0.3, 0.4) is 0 Å². The molecular formula is C22H27BrN2O4. The molecule has 1 aromatic carbocycles. The van der Waals surface area contributed by atoms with Gasteiger partial charge in [-0.15, -0.1) is 0 Å². The van der Waals surface area contributed by atoms with Crippen LogP contribution in [0.1, 0.15) is 56.5 Å². The summed E-state index contributed by atoms with van der Waals surface area (Å²) >= 11 is 3.54. The van der Waals surface area contributed by atoms with Gasteiger partial charge in [0.15, 0.2) is 0 Å². The molecule has 1 amide bonds. The van der Waals surface area contributed by atoms with Gasteiger partial charge in [-0.1, -0.05) is 26.8 Å². The van der Waals surface area contributed by atoms with Crippen LogP contribution in [-0.2, 0) is 14.9 Å². The lowest BCUT2D eigenvalue weighted by Gasteiger charge is -2.20. The van der Waals surface area contributed by atoms with Crippen LogP contribution >= 0.6 is 15.9 Å². The van der Waals surface area contributed by atoms with E-state index in [1.165, 1.54) is 17.8 Å². The van der Waals surface area contributed by atoms with E-state index in [4.69, 9.17) is 9.47 Å². The zero-order valence-electron chi connectivity index (χ0n) is 17.3. The Bertz CT molecular complexity index is 862. The molecule has 156 valence electrons. The number of anilines is 1. The average molecular weight is 463 g/mol. The quantitative estimate of drug-likeness (QED) is 0.435. The fourth-order valence-electron chi connectivity index (χ4n) is 2.54. The van der Waals surface area contributed by atoms with Crippen molar-refractivity contribution in [1.82, 2.24) is 4.98 Å². The highest BCUT2D eigenvalue weighted by atomic mass is 79.9. The van der Waals surface area contributed by atoms with E-state index >= 15 is 0 Å². The second-order valence-corrected chi connectivity index (χ2v) is 8.40. The summed E-state index contributed by atoms with van der Waals surface area (Å²) in [5, 5.41) is 2.69. The van der Waals surface area contributed by atoms with Gasteiger partial charge in [0, 0.05) is 12.6 Å². The third kappa shape index (κ3) is 7.16. The van der Waals surface area contributed by atoms with Crippen LogP contribution in [0, 0.1) is 0 Å². The minimum Gasteiger partial charge on any atom is -0.492 e. The van der Waals surface area contributed by atoms with Crippen LogP contribution in [0.5, 0.6) is 5.75 Å². The highest BCUT2D eigenvalue weighted by Gasteiger charge is 2.15. The molecule has 0 atom stereocenters. The second-order valence-electron chi connectivity index (χ2n) is 7.55. The van der Waals surface area contributed by atoms with Gasteiger partial charge in [0.05, 0.1) is 23.2 Å². The van der Waals surface area contributed by atoms with Crippen molar-refractivity contribution in [3.63, 3.8) is 0 Å². The fourth-order valence-corrected chi connectivity index (χ4v) is 3.04. The predicted octanol–water partition coefficient (Wildman–Crippen LogP) is 5.12. The molecule has 1 heterocycles. The molecule has 0 aliphatic rings. The molecule has 0 unspecified atom stereocenters. The highest BCUT2D eigenvalue weighted by Crippen LogP contribution is 2.31. The summed E-state index contributed by atoms with van der Waals surface area (Å²) in [5.41, 5.74) is 1.63. The maximum Gasteiger partial charge on any atom is 0.338 e. The van der Waals surface area contributed by atoms with Gasteiger partial charge in [0.1, 0.15) is 11.6 Å². The maximum absolute atomic E-state index is 12.1. The van der Waals surface area contributed by atoms with E-state index in [0.717, 1.165) is 10.2 Å². The number of aromatic nitrogens is 1. The van der Waals surface area contributed by atoms with E-state index in [0.29, 0.717) is 24.4 Å². The zero-order chi connectivity index (χ0) is 21.4. The van der Waals surface area contributed by atoms with Crippen LogP contribution in [-0.4, -0.2) is 30.1 Å². The monoisotopic (exact) mass is 462 g/mol. The molecule has 0 radical (unpaired) electrons. The van der Waals surface area contributed by atoms with Gasteiger partial charge in [0.25, 0.3) is 0 Å². The molecule has 1 N–H and O–H groups in total. The molecule has 7 heteroatoms. The molecule has 0 fully saturated rings. The Balaban J connectivity index is 1.81. The highest BCUT2D eigenvalue weighted by molar-refractivity contribution is 9.10. The van der Waals surface area contributed by atoms with E-state index in [1.807, 2.05) is 6.07 Å². The van der Waals surface area contributed by atoms with Crippen LogP contribution in [0.15, 0.2) is 41.0 Å². The molecule has 1 aromatic heterocycles. The summed E-state index contributed by atoms with van der Waals surface area (Å²) in [5.74, 6) is 0.440. The van der Waals surface area contributed by atoms with Gasteiger partial charge in [-0.2, -0.15) is 0 Å². The first-order valence-electron chi connectivity index (χ1n) is 9.56. The van der Waals surface area contributed by atoms with E-state index in [2.05, 4.69) is 59.1 Å². The number of nitrogens with zero attached hydrogens (tertiary/aromatic N) is 1. The first kappa shape index (κ1) is 22.9. The number of halogens is 1. The summed E-state index contributed by atoms with van der Waals surface area (Å²) in [4.78, 5) is 27.9. The first-order valence-corrected chi connectivity index (χ1v) is 10.4. The molecule has 0 spiro atoms. The molecular weight excluding hydrogens is 436 g/mol. The second kappa shape index (κ2) is 10.4. The van der Waals surface area contributed by atoms with Crippen LogP contribution in [0.2, 0.25) is 0 Å². The predicted molar refractivity (Wildman–Crippen MR) is 116 cm³/mol. The number of ether oxygens (including phenoxy) is 2. The Hall–Kier alpha value is -2.41. The molecule has 2 rings (SSSR count). The lowest BCUT2D eigenvalue weighted by molar-refractivity contribution is -0.116. The third-order valence-electron chi connectivity index (χ3n) is 4.14. The van der Waals surface area contributed by atoms with E-state index in [1.54, 1.807) is 13.0 Å². The summed E-state index contributed by atoms with van der Waals surface area (Å²) in [6, 6.07) is 9.10. The SMILES string of the molecule is CCOC(=O)c1ccnc(NC(=O)CCCOc2ccc(C(C)(C)C)cc2Br)c1. The topological polar surface area (TPSA) is 77.5 Å². The maximum atomic E-state index is 12.1. The van der Waals surface area contributed by atoms with Gasteiger partial charge in [-0.3, -0.25) is 4.79 Å².